The lowest BCUT2D eigenvalue weighted by molar-refractivity contribution is -0.133. The maximum absolute atomic E-state index is 10.6. The average Bonchev–Trinajstić information content (AvgIpc) is 2.90. The molecule has 1 aliphatic carbocycles. The van der Waals surface area contributed by atoms with Gasteiger partial charge in [-0.15, -0.1) is 10.2 Å². The second-order valence-corrected chi connectivity index (χ2v) is 4.89. The lowest BCUT2D eigenvalue weighted by Crippen LogP contribution is -2.03. The van der Waals surface area contributed by atoms with E-state index in [4.69, 9.17) is 5.11 Å². The van der Waals surface area contributed by atoms with Crippen LogP contribution in [-0.4, -0.2) is 47.0 Å². The van der Waals surface area contributed by atoms with E-state index in [-0.39, 0.29) is 5.75 Å². The molecule has 18 heavy (non-hydrogen) atoms. The molecule has 0 saturated heterocycles. The number of H-pyrrole nitrogens is 1. The fourth-order valence-electron chi connectivity index (χ4n) is 1.65. The van der Waals surface area contributed by atoms with E-state index >= 15 is 0 Å². The van der Waals surface area contributed by atoms with Crippen molar-refractivity contribution in [3.8, 4) is 11.5 Å². The minimum absolute atomic E-state index is 0.0241. The molecule has 0 bridgehead atoms. The molecule has 0 unspecified atom stereocenters. The van der Waals surface area contributed by atoms with Gasteiger partial charge in [0.25, 0.3) is 0 Å². The molecule has 1 aliphatic rings. The number of carbonyl (C=O) groups is 1. The average molecular weight is 266 g/mol. The molecule has 1 fully saturated rings. The van der Waals surface area contributed by atoms with Crippen LogP contribution in [0.2, 0.25) is 0 Å². The van der Waals surface area contributed by atoms with Gasteiger partial charge in [-0.05, 0) is 12.8 Å². The summed E-state index contributed by atoms with van der Waals surface area (Å²) in [5, 5.41) is 27.7. The first-order valence-electron chi connectivity index (χ1n) is 5.41. The number of nitrogens with zero attached hydrogens (tertiary/aromatic N) is 5. The summed E-state index contributed by atoms with van der Waals surface area (Å²) in [6.07, 6.45) is 3.70. The normalized spacial score (nSPS) is 14.9. The summed E-state index contributed by atoms with van der Waals surface area (Å²) < 4.78 is 1.95. The molecule has 2 N–H and O–H groups in total. The molecule has 94 valence electrons. The van der Waals surface area contributed by atoms with Crippen LogP contribution in [0.3, 0.4) is 0 Å². The minimum Gasteiger partial charge on any atom is -0.481 e. The van der Waals surface area contributed by atoms with Gasteiger partial charge in [-0.3, -0.25) is 9.36 Å². The number of aliphatic carboxylic acids is 1. The third-order valence-electron chi connectivity index (χ3n) is 2.55. The van der Waals surface area contributed by atoms with Crippen molar-refractivity contribution in [1.29, 1.82) is 0 Å². The first-order chi connectivity index (χ1) is 8.75. The molecule has 8 nitrogen and oxygen atoms in total. The standard InChI is InChI=1S/C9H10N6O2S/c16-7(17)4-18-9-13-12-8(6-3-10-14-11-6)15(9)5-1-2-5/h3,5H,1-2,4H2,(H,16,17)(H,10,11,14). The molecule has 0 aliphatic heterocycles. The van der Waals surface area contributed by atoms with Crippen LogP contribution in [0.25, 0.3) is 11.5 Å². The first-order valence-corrected chi connectivity index (χ1v) is 6.40. The number of aromatic amines is 1. The minimum atomic E-state index is -0.867. The maximum Gasteiger partial charge on any atom is 0.313 e. The molecule has 0 atom stereocenters. The van der Waals surface area contributed by atoms with Gasteiger partial charge in [-0.25, -0.2) is 0 Å². The van der Waals surface area contributed by atoms with Gasteiger partial charge in [0, 0.05) is 6.04 Å². The van der Waals surface area contributed by atoms with E-state index in [1.54, 1.807) is 6.20 Å². The molecule has 0 spiro atoms. The molecule has 1 saturated carbocycles. The number of rotatable bonds is 5. The van der Waals surface area contributed by atoms with Gasteiger partial charge in [-0.2, -0.15) is 15.4 Å². The van der Waals surface area contributed by atoms with E-state index in [2.05, 4.69) is 25.6 Å². The highest BCUT2D eigenvalue weighted by atomic mass is 32.2. The lowest BCUT2D eigenvalue weighted by Gasteiger charge is -2.05. The second kappa shape index (κ2) is 4.41. The maximum atomic E-state index is 10.6. The van der Waals surface area contributed by atoms with Crippen molar-refractivity contribution < 1.29 is 9.90 Å². The highest BCUT2D eigenvalue weighted by molar-refractivity contribution is 7.99. The van der Waals surface area contributed by atoms with E-state index in [1.807, 2.05) is 4.57 Å². The van der Waals surface area contributed by atoms with Crippen molar-refractivity contribution in [2.75, 3.05) is 5.75 Å². The molecule has 0 radical (unpaired) electrons. The van der Waals surface area contributed by atoms with E-state index in [0.717, 1.165) is 12.8 Å². The van der Waals surface area contributed by atoms with Crippen LogP contribution in [0, 0.1) is 0 Å². The van der Waals surface area contributed by atoms with Gasteiger partial charge in [0.1, 0.15) is 5.69 Å². The highest BCUT2D eigenvalue weighted by Gasteiger charge is 2.31. The predicted octanol–water partition coefficient (Wildman–Crippen LogP) is 0.575. The Kier molecular flexibility index (Phi) is 2.74. The molecule has 2 aromatic rings. The van der Waals surface area contributed by atoms with Crippen LogP contribution in [0.5, 0.6) is 0 Å². The Balaban J connectivity index is 1.93. The van der Waals surface area contributed by atoms with Gasteiger partial charge in [0.15, 0.2) is 11.0 Å². The zero-order valence-electron chi connectivity index (χ0n) is 9.28. The van der Waals surface area contributed by atoms with Gasteiger partial charge in [-0.1, -0.05) is 11.8 Å². The summed E-state index contributed by atoms with van der Waals surface area (Å²) in [7, 11) is 0. The Morgan fingerprint density at radius 1 is 1.56 bits per heavy atom. The van der Waals surface area contributed by atoms with Crippen LogP contribution >= 0.6 is 11.8 Å². The molecule has 9 heteroatoms. The Bertz CT molecular complexity index is 562. The fraction of sp³-hybridized carbons (Fsp3) is 0.444. The number of thioether (sulfide) groups is 1. The molecular formula is C9H10N6O2S. The smallest absolute Gasteiger partial charge is 0.313 e. The molecule has 3 rings (SSSR count). The van der Waals surface area contributed by atoms with Crippen LogP contribution in [0.1, 0.15) is 18.9 Å². The first kappa shape index (κ1) is 11.2. The Hall–Kier alpha value is -1.90. The van der Waals surface area contributed by atoms with Crippen LogP contribution in [0.4, 0.5) is 0 Å². The van der Waals surface area contributed by atoms with Gasteiger partial charge in [0.05, 0.1) is 11.9 Å². The number of nitrogens with one attached hydrogen (secondary N) is 1. The topological polar surface area (TPSA) is 110 Å². The quantitative estimate of drug-likeness (QED) is 0.761. The summed E-state index contributed by atoms with van der Waals surface area (Å²) in [4.78, 5) is 10.6. The van der Waals surface area contributed by atoms with Crippen LogP contribution in [0.15, 0.2) is 11.4 Å². The fourth-order valence-corrected chi connectivity index (χ4v) is 2.37. The monoisotopic (exact) mass is 266 g/mol. The van der Waals surface area contributed by atoms with Crippen LogP contribution in [-0.2, 0) is 4.79 Å². The molecule has 0 aromatic carbocycles. The number of carboxylic acid groups (broad SMARTS) is 1. The molecular weight excluding hydrogens is 256 g/mol. The predicted molar refractivity (Wildman–Crippen MR) is 62.0 cm³/mol. The van der Waals surface area contributed by atoms with Crippen LogP contribution < -0.4 is 0 Å². The van der Waals surface area contributed by atoms with Crippen molar-refractivity contribution in [3.05, 3.63) is 6.20 Å². The van der Waals surface area contributed by atoms with E-state index < -0.39 is 5.97 Å². The summed E-state index contributed by atoms with van der Waals surface area (Å²) in [5.74, 6) is -0.253. The molecule has 2 aromatic heterocycles. The zero-order valence-corrected chi connectivity index (χ0v) is 10.1. The Morgan fingerprint density at radius 3 is 3.00 bits per heavy atom. The number of aromatic nitrogens is 6. The number of hydrogen-bond acceptors (Lipinski definition) is 6. The van der Waals surface area contributed by atoms with E-state index in [1.165, 1.54) is 11.8 Å². The zero-order chi connectivity index (χ0) is 12.5. The van der Waals surface area contributed by atoms with Crippen molar-refractivity contribution in [3.63, 3.8) is 0 Å². The van der Waals surface area contributed by atoms with Crippen molar-refractivity contribution >= 4 is 17.7 Å². The number of carboxylic acids is 1. The van der Waals surface area contributed by atoms with Crippen molar-refractivity contribution in [2.45, 2.75) is 24.0 Å². The Labute approximate surface area is 106 Å². The van der Waals surface area contributed by atoms with E-state index in [0.29, 0.717) is 22.7 Å². The lowest BCUT2D eigenvalue weighted by atomic mass is 10.4. The van der Waals surface area contributed by atoms with E-state index in [9.17, 15) is 4.79 Å². The van der Waals surface area contributed by atoms with Gasteiger partial charge < -0.3 is 5.11 Å². The SMILES string of the molecule is O=C(O)CSc1nnc(-c2cn[nH]n2)n1C1CC1. The Morgan fingerprint density at radius 2 is 2.39 bits per heavy atom. The highest BCUT2D eigenvalue weighted by Crippen LogP contribution is 2.40. The summed E-state index contributed by atoms with van der Waals surface area (Å²) in [5.41, 5.74) is 0.622. The summed E-state index contributed by atoms with van der Waals surface area (Å²) in [6.45, 7) is 0. The third kappa shape index (κ3) is 2.08. The summed E-state index contributed by atoms with van der Waals surface area (Å²) >= 11 is 1.17. The summed E-state index contributed by atoms with van der Waals surface area (Å²) in [6, 6.07) is 0.350. The largest absolute Gasteiger partial charge is 0.481 e. The van der Waals surface area contributed by atoms with Crippen molar-refractivity contribution in [1.82, 2.24) is 30.2 Å². The molecule has 2 heterocycles. The number of hydrogen-bond donors (Lipinski definition) is 2. The third-order valence-corrected chi connectivity index (χ3v) is 3.47. The van der Waals surface area contributed by atoms with Gasteiger partial charge in [0.2, 0.25) is 0 Å². The second-order valence-electron chi connectivity index (χ2n) is 3.95. The molecule has 0 amide bonds. The van der Waals surface area contributed by atoms with Gasteiger partial charge >= 0.3 is 5.97 Å². The van der Waals surface area contributed by atoms with Crippen molar-refractivity contribution in [2.24, 2.45) is 0 Å².